The van der Waals surface area contributed by atoms with Crippen molar-refractivity contribution in [2.45, 2.75) is 70.8 Å². The summed E-state index contributed by atoms with van der Waals surface area (Å²) >= 11 is 0. The fourth-order valence-corrected chi connectivity index (χ4v) is 6.72. The molecule has 0 spiro atoms. The van der Waals surface area contributed by atoms with Crippen molar-refractivity contribution in [1.29, 1.82) is 0 Å². The average molecular weight is 312 g/mol. The van der Waals surface area contributed by atoms with Crippen molar-refractivity contribution >= 4 is 5.78 Å². The highest BCUT2D eigenvalue weighted by atomic mass is 16.3. The van der Waals surface area contributed by atoms with Crippen LogP contribution in [0.1, 0.15) is 65.2 Å². The first-order valence-corrected chi connectivity index (χ1v) is 9.32. The quantitative estimate of drug-likeness (QED) is 0.544. The van der Waals surface area contributed by atoms with E-state index in [1.165, 1.54) is 5.57 Å². The van der Waals surface area contributed by atoms with Gasteiger partial charge < -0.3 is 5.11 Å². The number of terminal acetylenes is 1. The highest BCUT2D eigenvalue weighted by Crippen LogP contribution is 2.65. The van der Waals surface area contributed by atoms with Gasteiger partial charge in [0.1, 0.15) is 11.4 Å². The van der Waals surface area contributed by atoms with Gasteiger partial charge in [-0.1, -0.05) is 30.9 Å². The van der Waals surface area contributed by atoms with Gasteiger partial charge in [-0.25, -0.2) is 0 Å². The fraction of sp³-hybridized carbons (Fsp3) is 0.762. The lowest BCUT2D eigenvalue weighted by Crippen LogP contribution is -2.52. The second-order valence-corrected chi connectivity index (χ2v) is 8.82. The van der Waals surface area contributed by atoms with Crippen LogP contribution in [0.3, 0.4) is 0 Å². The van der Waals surface area contributed by atoms with E-state index in [4.69, 9.17) is 6.42 Å². The van der Waals surface area contributed by atoms with Crippen molar-refractivity contribution in [3.8, 4) is 12.3 Å². The minimum atomic E-state index is -0.917. The van der Waals surface area contributed by atoms with Gasteiger partial charge in [0.25, 0.3) is 0 Å². The molecule has 4 aliphatic carbocycles. The van der Waals surface area contributed by atoms with Gasteiger partial charge in [-0.15, -0.1) is 6.42 Å². The lowest BCUT2D eigenvalue weighted by molar-refractivity contribution is -0.119. The van der Waals surface area contributed by atoms with Crippen LogP contribution >= 0.6 is 0 Å². The molecule has 0 aromatic carbocycles. The first-order chi connectivity index (χ1) is 10.9. The molecular weight excluding hydrogens is 284 g/mol. The zero-order valence-electron chi connectivity index (χ0n) is 14.4. The number of aliphatic hydroxyl groups is 1. The molecule has 6 atom stereocenters. The lowest BCUT2D eigenvalue weighted by atomic mass is 9.50. The highest BCUT2D eigenvalue weighted by Gasteiger charge is 2.62. The fourth-order valence-electron chi connectivity index (χ4n) is 6.72. The predicted molar refractivity (Wildman–Crippen MR) is 90.5 cm³/mol. The minimum Gasteiger partial charge on any atom is -0.377 e. The summed E-state index contributed by atoms with van der Waals surface area (Å²) in [7, 11) is 0. The average Bonchev–Trinajstić information content (AvgIpc) is 2.79. The standard InChI is InChI=1S/C21H28O2/c1-4-21(23)10-8-18-19-13(2)11-14-12-15(22)5-6-16(14)17(19)7-9-20(18,21)3/h1,13,17-19,23H,5-12H2,2-3H3/t13-,17?,18?,19?,20+,21+/m1/s1. The summed E-state index contributed by atoms with van der Waals surface area (Å²) in [6.45, 7) is 4.60. The van der Waals surface area contributed by atoms with Crippen LogP contribution in [0.2, 0.25) is 0 Å². The van der Waals surface area contributed by atoms with Crippen LogP contribution in [0, 0.1) is 41.4 Å². The Morgan fingerprint density at radius 2 is 2.04 bits per heavy atom. The molecule has 2 saturated carbocycles. The van der Waals surface area contributed by atoms with E-state index in [1.54, 1.807) is 5.57 Å². The van der Waals surface area contributed by atoms with Crippen molar-refractivity contribution in [3.05, 3.63) is 11.1 Å². The maximum atomic E-state index is 11.9. The first kappa shape index (κ1) is 15.5. The maximum absolute atomic E-state index is 11.9. The van der Waals surface area contributed by atoms with Crippen LogP contribution in [-0.4, -0.2) is 16.5 Å². The van der Waals surface area contributed by atoms with Crippen LogP contribution in [0.4, 0.5) is 0 Å². The Labute approximate surface area is 139 Å². The van der Waals surface area contributed by atoms with Crippen molar-refractivity contribution in [2.75, 3.05) is 0 Å². The van der Waals surface area contributed by atoms with Gasteiger partial charge >= 0.3 is 0 Å². The van der Waals surface area contributed by atoms with E-state index in [-0.39, 0.29) is 5.41 Å². The summed E-state index contributed by atoms with van der Waals surface area (Å²) in [5.41, 5.74) is 2.04. The summed E-state index contributed by atoms with van der Waals surface area (Å²) < 4.78 is 0. The summed E-state index contributed by atoms with van der Waals surface area (Å²) in [4.78, 5) is 11.9. The Morgan fingerprint density at radius 3 is 2.78 bits per heavy atom. The number of carbonyl (C=O) groups is 1. The zero-order valence-corrected chi connectivity index (χ0v) is 14.4. The molecule has 124 valence electrons. The van der Waals surface area contributed by atoms with Crippen LogP contribution in [0.25, 0.3) is 0 Å². The number of hydrogen-bond donors (Lipinski definition) is 1. The van der Waals surface area contributed by atoms with Crippen molar-refractivity contribution in [1.82, 2.24) is 0 Å². The molecule has 23 heavy (non-hydrogen) atoms. The zero-order chi connectivity index (χ0) is 16.4. The molecule has 0 bridgehead atoms. The van der Waals surface area contributed by atoms with E-state index in [0.29, 0.717) is 35.9 Å². The second-order valence-electron chi connectivity index (χ2n) is 8.82. The number of ketones is 1. The lowest BCUT2D eigenvalue weighted by Gasteiger charge is -2.55. The van der Waals surface area contributed by atoms with Gasteiger partial charge in [0.15, 0.2) is 0 Å². The van der Waals surface area contributed by atoms with Gasteiger partial charge in [-0.05, 0) is 62.2 Å². The summed E-state index contributed by atoms with van der Waals surface area (Å²) in [6.07, 6.45) is 13.2. The molecule has 2 fully saturated rings. The normalized spacial score (nSPS) is 49.2. The molecular formula is C21H28O2. The molecule has 0 radical (unpaired) electrons. The summed E-state index contributed by atoms with van der Waals surface area (Å²) in [5, 5.41) is 11.0. The van der Waals surface area contributed by atoms with Crippen LogP contribution in [0.15, 0.2) is 11.1 Å². The number of Topliss-reactive ketones (excluding diaryl/α,β-unsaturated/α-hetero) is 1. The second kappa shape index (κ2) is 4.96. The van der Waals surface area contributed by atoms with Crippen molar-refractivity contribution in [3.63, 3.8) is 0 Å². The Kier molecular flexibility index (Phi) is 3.34. The Morgan fingerprint density at radius 1 is 1.26 bits per heavy atom. The third-order valence-electron chi connectivity index (χ3n) is 7.93. The number of fused-ring (bicyclic) bond motifs is 4. The summed E-state index contributed by atoms with van der Waals surface area (Å²) in [6, 6.07) is 0. The first-order valence-electron chi connectivity index (χ1n) is 9.32. The SMILES string of the molecule is C#C[C@]1(O)CCC2C3C(CC[C@@]21C)C1=C(CC(=O)CC1)C[C@H]3C. The third-order valence-corrected chi connectivity index (χ3v) is 7.93. The Bertz CT molecular complexity index is 624. The van der Waals surface area contributed by atoms with Gasteiger partial charge in [0.2, 0.25) is 0 Å². The highest BCUT2D eigenvalue weighted by molar-refractivity contribution is 5.82. The van der Waals surface area contributed by atoms with Crippen molar-refractivity contribution < 1.29 is 9.90 Å². The van der Waals surface area contributed by atoms with Crippen LogP contribution < -0.4 is 0 Å². The monoisotopic (exact) mass is 312 g/mol. The van der Waals surface area contributed by atoms with Gasteiger partial charge in [-0.3, -0.25) is 4.79 Å². The topological polar surface area (TPSA) is 37.3 Å². The van der Waals surface area contributed by atoms with Crippen LogP contribution in [-0.2, 0) is 4.79 Å². The van der Waals surface area contributed by atoms with E-state index >= 15 is 0 Å². The Hall–Kier alpha value is -1.07. The molecule has 3 unspecified atom stereocenters. The number of carbonyl (C=O) groups excluding carboxylic acids is 1. The summed E-state index contributed by atoms with van der Waals surface area (Å²) in [5.74, 6) is 5.60. The van der Waals surface area contributed by atoms with E-state index in [2.05, 4.69) is 19.8 Å². The molecule has 0 heterocycles. The van der Waals surface area contributed by atoms with E-state index in [9.17, 15) is 9.90 Å². The predicted octanol–water partition coefficient (Wildman–Crippen LogP) is 3.88. The largest absolute Gasteiger partial charge is 0.377 e. The van der Waals surface area contributed by atoms with E-state index < -0.39 is 5.60 Å². The van der Waals surface area contributed by atoms with E-state index in [0.717, 1.165) is 44.9 Å². The molecule has 0 aromatic rings. The smallest absolute Gasteiger partial charge is 0.137 e. The molecule has 0 aliphatic heterocycles. The van der Waals surface area contributed by atoms with E-state index in [1.807, 2.05) is 0 Å². The number of allylic oxidation sites excluding steroid dienone is 2. The molecule has 0 saturated heterocycles. The molecule has 1 N–H and O–H groups in total. The third kappa shape index (κ3) is 1.96. The Balaban J connectivity index is 1.72. The minimum absolute atomic E-state index is 0.125. The van der Waals surface area contributed by atoms with Gasteiger partial charge in [0, 0.05) is 18.3 Å². The van der Waals surface area contributed by atoms with Crippen molar-refractivity contribution in [2.24, 2.45) is 29.1 Å². The number of hydrogen-bond acceptors (Lipinski definition) is 2. The van der Waals surface area contributed by atoms with Crippen LogP contribution in [0.5, 0.6) is 0 Å². The number of rotatable bonds is 0. The molecule has 2 heteroatoms. The maximum Gasteiger partial charge on any atom is 0.137 e. The molecule has 2 nitrogen and oxygen atoms in total. The van der Waals surface area contributed by atoms with Gasteiger partial charge in [0.05, 0.1) is 0 Å². The van der Waals surface area contributed by atoms with Gasteiger partial charge in [-0.2, -0.15) is 0 Å². The molecule has 0 amide bonds. The molecule has 4 aliphatic rings. The molecule has 0 aromatic heterocycles. The molecule has 4 rings (SSSR count).